The molecule has 1 aliphatic carbocycles. The van der Waals surface area contributed by atoms with Gasteiger partial charge in [-0.2, -0.15) is 0 Å². The van der Waals surface area contributed by atoms with Gasteiger partial charge in [0.05, 0.1) is 0 Å². The van der Waals surface area contributed by atoms with Crippen molar-refractivity contribution in [3.8, 4) is 0 Å². The molecule has 178 valence electrons. The molecule has 0 bridgehead atoms. The van der Waals surface area contributed by atoms with Crippen LogP contribution in [-0.2, 0) is 17.6 Å². The Hall–Kier alpha value is -1.42. The van der Waals surface area contributed by atoms with Crippen LogP contribution in [0.1, 0.15) is 115 Å². The van der Waals surface area contributed by atoms with E-state index in [9.17, 15) is 9.90 Å². The lowest BCUT2D eigenvalue weighted by atomic mass is 9.96. The molecular formula is C28H42O3S. The van der Waals surface area contributed by atoms with Crippen molar-refractivity contribution in [1.82, 2.24) is 0 Å². The number of unbranched alkanes of at least 4 members (excludes halogenated alkanes) is 11. The number of furan rings is 1. The van der Waals surface area contributed by atoms with Crippen molar-refractivity contribution in [2.75, 3.05) is 0 Å². The number of benzene rings is 1. The van der Waals surface area contributed by atoms with Gasteiger partial charge in [0.15, 0.2) is 0 Å². The molecule has 2 aromatic rings. The molecule has 0 spiro atoms. The third-order valence-electron chi connectivity index (χ3n) is 6.80. The molecule has 1 atom stereocenters. The molecule has 0 saturated heterocycles. The normalized spacial score (nSPS) is 14.5. The fourth-order valence-electron chi connectivity index (χ4n) is 4.89. The fourth-order valence-corrected chi connectivity index (χ4v) is 5.92. The highest BCUT2D eigenvalue weighted by atomic mass is 32.2. The van der Waals surface area contributed by atoms with Gasteiger partial charge in [0.2, 0.25) is 0 Å². The van der Waals surface area contributed by atoms with E-state index in [4.69, 9.17) is 4.42 Å². The molecule has 1 heterocycles. The van der Waals surface area contributed by atoms with Crippen molar-refractivity contribution in [3.63, 3.8) is 0 Å². The van der Waals surface area contributed by atoms with Gasteiger partial charge >= 0.3 is 5.97 Å². The predicted octanol–water partition coefficient (Wildman–Crippen LogP) is 8.95. The van der Waals surface area contributed by atoms with Crippen molar-refractivity contribution in [2.24, 2.45) is 0 Å². The lowest BCUT2D eigenvalue weighted by Gasteiger charge is -2.12. The minimum absolute atomic E-state index is 0.375. The first-order valence-corrected chi connectivity index (χ1v) is 14.0. The van der Waals surface area contributed by atoms with Crippen molar-refractivity contribution in [3.05, 3.63) is 29.5 Å². The minimum atomic E-state index is -0.697. The summed E-state index contributed by atoms with van der Waals surface area (Å²) in [7, 11) is 0. The Labute approximate surface area is 198 Å². The second kappa shape index (κ2) is 14.0. The van der Waals surface area contributed by atoms with Crippen LogP contribution in [0, 0.1) is 0 Å². The molecule has 1 unspecified atom stereocenters. The van der Waals surface area contributed by atoms with Gasteiger partial charge in [-0.15, -0.1) is 11.8 Å². The van der Waals surface area contributed by atoms with E-state index < -0.39 is 5.97 Å². The average molecular weight is 459 g/mol. The molecule has 1 aromatic carbocycles. The van der Waals surface area contributed by atoms with Gasteiger partial charge in [-0.25, -0.2) is 0 Å². The maximum Gasteiger partial charge on any atom is 0.316 e. The fraction of sp³-hybridized carbons (Fsp3) is 0.679. The SMILES string of the molecule is CCCCCCCCCCCCCCC(Sc1ccc2c3c(oc2c1)CCCC3)C(=O)O. The molecule has 0 amide bonds. The largest absolute Gasteiger partial charge is 0.480 e. The molecule has 0 aliphatic heterocycles. The molecule has 1 aromatic heterocycles. The van der Waals surface area contributed by atoms with Crippen molar-refractivity contribution in [1.29, 1.82) is 0 Å². The van der Waals surface area contributed by atoms with Crippen LogP contribution >= 0.6 is 11.8 Å². The zero-order valence-corrected chi connectivity index (χ0v) is 20.8. The number of hydrogen-bond acceptors (Lipinski definition) is 3. The highest BCUT2D eigenvalue weighted by Gasteiger charge is 2.21. The monoisotopic (exact) mass is 458 g/mol. The van der Waals surface area contributed by atoms with Crippen molar-refractivity contribution >= 4 is 28.7 Å². The summed E-state index contributed by atoms with van der Waals surface area (Å²) in [6, 6.07) is 6.26. The van der Waals surface area contributed by atoms with Crippen LogP contribution in [0.15, 0.2) is 27.5 Å². The second-order valence-electron chi connectivity index (χ2n) is 9.49. The number of aryl methyl sites for hydroxylation is 2. The first kappa shape index (κ1) is 25.2. The van der Waals surface area contributed by atoms with E-state index in [1.807, 2.05) is 0 Å². The van der Waals surface area contributed by atoms with E-state index >= 15 is 0 Å². The van der Waals surface area contributed by atoms with E-state index in [1.165, 1.54) is 99.8 Å². The molecular weight excluding hydrogens is 416 g/mol. The van der Waals surface area contributed by atoms with E-state index in [0.29, 0.717) is 0 Å². The van der Waals surface area contributed by atoms with Crippen molar-refractivity contribution in [2.45, 2.75) is 126 Å². The Morgan fingerprint density at radius 3 is 2.22 bits per heavy atom. The Bertz CT molecular complexity index is 825. The van der Waals surface area contributed by atoms with Crippen LogP contribution in [0.3, 0.4) is 0 Å². The van der Waals surface area contributed by atoms with E-state index in [-0.39, 0.29) is 5.25 Å². The van der Waals surface area contributed by atoms with Gasteiger partial charge in [-0.05, 0) is 43.9 Å². The Morgan fingerprint density at radius 2 is 1.56 bits per heavy atom. The van der Waals surface area contributed by atoms with E-state index in [1.54, 1.807) is 0 Å². The van der Waals surface area contributed by atoms with Crippen LogP contribution in [0.4, 0.5) is 0 Å². The van der Waals surface area contributed by atoms with Gasteiger partial charge in [0.1, 0.15) is 16.6 Å². The molecule has 0 fully saturated rings. The third kappa shape index (κ3) is 7.86. The third-order valence-corrected chi connectivity index (χ3v) is 8.05. The topological polar surface area (TPSA) is 50.4 Å². The second-order valence-corrected chi connectivity index (χ2v) is 10.8. The minimum Gasteiger partial charge on any atom is -0.480 e. The summed E-state index contributed by atoms with van der Waals surface area (Å²) in [5.74, 6) is 0.441. The zero-order chi connectivity index (χ0) is 22.6. The average Bonchev–Trinajstić information content (AvgIpc) is 3.16. The van der Waals surface area contributed by atoms with Crippen molar-refractivity contribution < 1.29 is 14.3 Å². The smallest absolute Gasteiger partial charge is 0.316 e. The Morgan fingerprint density at radius 1 is 0.938 bits per heavy atom. The van der Waals surface area contributed by atoms with Gasteiger partial charge in [0.25, 0.3) is 0 Å². The standard InChI is InChI=1S/C28H42O3S/c1-2-3-4-5-6-7-8-9-10-11-12-13-18-27(28(29)30)32-22-19-20-24-23-16-14-15-17-25(23)31-26(24)21-22/h19-21,27H,2-18H2,1H3,(H,29,30). The Balaban J connectivity index is 1.34. The molecule has 1 aliphatic rings. The highest BCUT2D eigenvalue weighted by molar-refractivity contribution is 8.00. The number of rotatable bonds is 16. The highest BCUT2D eigenvalue weighted by Crippen LogP contribution is 2.35. The van der Waals surface area contributed by atoms with Gasteiger partial charge in [-0.1, -0.05) is 84.0 Å². The maximum absolute atomic E-state index is 11.8. The molecule has 4 heteroatoms. The summed E-state index contributed by atoms with van der Waals surface area (Å²) in [4.78, 5) is 12.8. The molecule has 0 radical (unpaired) electrons. The Kier molecular flexibility index (Phi) is 11.0. The van der Waals surface area contributed by atoms with Crippen LogP contribution in [0.5, 0.6) is 0 Å². The van der Waals surface area contributed by atoms with Crippen LogP contribution in [0.2, 0.25) is 0 Å². The quantitative estimate of drug-likeness (QED) is 0.201. The summed E-state index contributed by atoms with van der Waals surface area (Å²) < 4.78 is 6.09. The van der Waals surface area contributed by atoms with Gasteiger partial charge in [0, 0.05) is 22.3 Å². The van der Waals surface area contributed by atoms with Gasteiger partial charge in [-0.3, -0.25) is 4.79 Å². The maximum atomic E-state index is 11.8. The lowest BCUT2D eigenvalue weighted by Crippen LogP contribution is -2.16. The predicted molar refractivity (Wildman–Crippen MR) is 136 cm³/mol. The number of carboxylic acid groups (broad SMARTS) is 1. The first-order valence-electron chi connectivity index (χ1n) is 13.1. The number of carbonyl (C=O) groups is 1. The van der Waals surface area contributed by atoms with Gasteiger partial charge < -0.3 is 9.52 Å². The number of fused-ring (bicyclic) bond motifs is 3. The summed E-state index contributed by atoms with van der Waals surface area (Å²) in [5, 5.41) is 10.6. The molecule has 3 nitrogen and oxygen atoms in total. The first-order chi connectivity index (χ1) is 15.7. The summed E-state index contributed by atoms with van der Waals surface area (Å²) in [6.45, 7) is 2.27. The van der Waals surface area contributed by atoms with E-state index in [2.05, 4.69) is 25.1 Å². The summed E-state index contributed by atoms with van der Waals surface area (Å²) in [5.41, 5.74) is 2.30. The number of aliphatic carboxylic acids is 1. The zero-order valence-electron chi connectivity index (χ0n) is 20.0. The molecule has 0 saturated carbocycles. The van der Waals surface area contributed by atoms with E-state index in [0.717, 1.165) is 48.3 Å². The number of hydrogen-bond donors (Lipinski definition) is 1. The molecule has 3 rings (SSSR count). The van der Waals surface area contributed by atoms with Crippen LogP contribution in [0.25, 0.3) is 11.0 Å². The lowest BCUT2D eigenvalue weighted by molar-refractivity contribution is -0.136. The summed E-state index contributed by atoms with van der Waals surface area (Å²) >= 11 is 1.48. The number of thioether (sulfide) groups is 1. The van der Waals surface area contributed by atoms with Crippen LogP contribution in [-0.4, -0.2) is 16.3 Å². The number of carboxylic acids is 1. The van der Waals surface area contributed by atoms with Crippen LogP contribution < -0.4 is 0 Å². The summed E-state index contributed by atoms with van der Waals surface area (Å²) in [6.07, 6.45) is 20.9. The molecule has 1 N–H and O–H groups in total. The molecule has 32 heavy (non-hydrogen) atoms.